The SMILES string of the molecule is COc1ccc(-c2nc3cc(-c4cccc(Cl)c4Cl)ccc3o2)cc1N. The summed E-state index contributed by atoms with van der Waals surface area (Å²) in [7, 11) is 1.58. The summed E-state index contributed by atoms with van der Waals surface area (Å²) < 4.78 is 11.0. The van der Waals surface area contributed by atoms with Gasteiger partial charge in [-0.3, -0.25) is 0 Å². The molecule has 0 aliphatic heterocycles. The zero-order chi connectivity index (χ0) is 18.3. The molecule has 0 saturated carbocycles. The molecule has 4 rings (SSSR count). The second-order valence-electron chi connectivity index (χ2n) is 5.76. The zero-order valence-electron chi connectivity index (χ0n) is 13.8. The van der Waals surface area contributed by atoms with E-state index in [2.05, 4.69) is 4.98 Å². The molecule has 0 atom stereocenters. The van der Waals surface area contributed by atoms with Gasteiger partial charge in [-0.05, 0) is 42.0 Å². The number of anilines is 1. The molecule has 0 saturated heterocycles. The van der Waals surface area contributed by atoms with Crippen LogP contribution in [0.4, 0.5) is 5.69 Å². The predicted molar refractivity (Wildman–Crippen MR) is 106 cm³/mol. The average Bonchev–Trinajstić information content (AvgIpc) is 3.07. The van der Waals surface area contributed by atoms with Crippen LogP contribution in [0.5, 0.6) is 5.75 Å². The normalized spacial score (nSPS) is 11.0. The molecule has 0 aliphatic carbocycles. The highest BCUT2D eigenvalue weighted by Crippen LogP contribution is 2.36. The van der Waals surface area contributed by atoms with Crippen LogP contribution < -0.4 is 10.5 Å². The van der Waals surface area contributed by atoms with Gasteiger partial charge in [-0.1, -0.05) is 41.4 Å². The Morgan fingerprint density at radius 3 is 2.58 bits per heavy atom. The molecule has 3 aromatic carbocycles. The molecule has 26 heavy (non-hydrogen) atoms. The summed E-state index contributed by atoms with van der Waals surface area (Å²) in [5.74, 6) is 1.10. The lowest BCUT2D eigenvalue weighted by Crippen LogP contribution is -1.92. The molecule has 130 valence electrons. The third-order valence-corrected chi connectivity index (χ3v) is 4.95. The van der Waals surface area contributed by atoms with Crippen LogP contribution in [-0.2, 0) is 0 Å². The van der Waals surface area contributed by atoms with Crippen molar-refractivity contribution in [2.75, 3.05) is 12.8 Å². The van der Waals surface area contributed by atoms with Gasteiger partial charge in [0.2, 0.25) is 5.89 Å². The summed E-state index contributed by atoms with van der Waals surface area (Å²) in [6, 6.07) is 16.7. The molecule has 2 N–H and O–H groups in total. The number of ether oxygens (including phenoxy) is 1. The maximum absolute atomic E-state index is 6.32. The van der Waals surface area contributed by atoms with Crippen molar-refractivity contribution in [1.82, 2.24) is 4.98 Å². The largest absolute Gasteiger partial charge is 0.495 e. The number of halogens is 2. The summed E-state index contributed by atoms with van der Waals surface area (Å²) in [5, 5.41) is 1.03. The van der Waals surface area contributed by atoms with Gasteiger partial charge in [0, 0.05) is 11.1 Å². The smallest absolute Gasteiger partial charge is 0.227 e. The van der Waals surface area contributed by atoms with Gasteiger partial charge < -0.3 is 14.9 Å². The van der Waals surface area contributed by atoms with Crippen molar-refractivity contribution in [3.63, 3.8) is 0 Å². The number of methoxy groups -OCH3 is 1. The number of oxazole rings is 1. The molecule has 0 bridgehead atoms. The van der Waals surface area contributed by atoms with Gasteiger partial charge in [-0.15, -0.1) is 0 Å². The Balaban J connectivity index is 1.79. The van der Waals surface area contributed by atoms with E-state index in [1.54, 1.807) is 25.3 Å². The minimum Gasteiger partial charge on any atom is -0.495 e. The van der Waals surface area contributed by atoms with Crippen LogP contribution in [0.3, 0.4) is 0 Å². The quantitative estimate of drug-likeness (QED) is 0.436. The number of aromatic nitrogens is 1. The average molecular weight is 385 g/mol. The summed E-state index contributed by atoms with van der Waals surface area (Å²) in [5.41, 5.74) is 10.4. The maximum Gasteiger partial charge on any atom is 0.227 e. The molecule has 0 radical (unpaired) electrons. The first-order valence-electron chi connectivity index (χ1n) is 7.85. The Labute approximate surface area is 160 Å². The van der Waals surface area contributed by atoms with Crippen LogP contribution in [0.25, 0.3) is 33.7 Å². The Hall–Kier alpha value is -2.69. The van der Waals surface area contributed by atoms with Crippen molar-refractivity contribution in [2.24, 2.45) is 0 Å². The van der Waals surface area contributed by atoms with E-state index < -0.39 is 0 Å². The van der Waals surface area contributed by atoms with Crippen molar-refractivity contribution < 1.29 is 9.15 Å². The minimum atomic E-state index is 0.490. The molecular formula is C20H14Cl2N2O2. The molecule has 6 heteroatoms. The third kappa shape index (κ3) is 2.87. The highest BCUT2D eigenvalue weighted by atomic mass is 35.5. The molecule has 0 amide bonds. The van der Waals surface area contributed by atoms with Crippen molar-refractivity contribution in [1.29, 1.82) is 0 Å². The fourth-order valence-electron chi connectivity index (χ4n) is 2.81. The van der Waals surface area contributed by atoms with Gasteiger partial charge in [0.15, 0.2) is 5.58 Å². The van der Waals surface area contributed by atoms with Gasteiger partial charge in [0.25, 0.3) is 0 Å². The van der Waals surface area contributed by atoms with E-state index in [4.69, 9.17) is 38.1 Å². The standard InChI is InChI=1S/C20H14Cl2N2O2/c1-25-17-7-6-12(9-15(17)23)20-24-16-10-11(5-8-18(16)26-20)13-3-2-4-14(21)19(13)22/h2-10H,23H2,1H3. The number of nitrogens with two attached hydrogens (primary N) is 1. The van der Waals surface area contributed by atoms with E-state index in [1.165, 1.54) is 0 Å². The van der Waals surface area contributed by atoms with E-state index >= 15 is 0 Å². The second kappa shape index (κ2) is 6.56. The van der Waals surface area contributed by atoms with Crippen LogP contribution >= 0.6 is 23.2 Å². The van der Waals surface area contributed by atoms with Gasteiger partial charge in [0.1, 0.15) is 11.3 Å². The lowest BCUT2D eigenvalue weighted by atomic mass is 10.1. The number of fused-ring (bicyclic) bond motifs is 1. The molecule has 1 heterocycles. The first-order chi connectivity index (χ1) is 12.6. The minimum absolute atomic E-state index is 0.490. The topological polar surface area (TPSA) is 61.3 Å². The van der Waals surface area contributed by atoms with E-state index in [-0.39, 0.29) is 0 Å². The van der Waals surface area contributed by atoms with Crippen LogP contribution in [0.15, 0.2) is 59.0 Å². The monoisotopic (exact) mass is 384 g/mol. The second-order valence-corrected chi connectivity index (χ2v) is 6.54. The number of hydrogen-bond acceptors (Lipinski definition) is 4. The summed E-state index contributed by atoms with van der Waals surface area (Å²) in [4.78, 5) is 4.58. The molecule has 0 aliphatic rings. The van der Waals surface area contributed by atoms with Crippen LogP contribution in [-0.4, -0.2) is 12.1 Å². The van der Waals surface area contributed by atoms with Gasteiger partial charge >= 0.3 is 0 Å². The maximum atomic E-state index is 6.32. The Bertz CT molecular complexity index is 1120. The summed E-state index contributed by atoms with van der Waals surface area (Å²) in [6.45, 7) is 0. The number of hydrogen-bond donors (Lipinski definition) is 1. The first-order valence-corrected chi connectivity index (χ1v) is 8.61. The van der Waals surface area contributed by atoms with E-state index in [1.807, 2.05) is 36.4 Å². The number of nitrogens with zero attached hydrogens (tertiary/aromatic N) is 1. The van der Waals surface area contributed by atoms with Gasteiger partial charge in [-0.25, -0.2) is 4.98 Å². The summed E-state index contributed by atoms with van der Waals surface area (Å²) >= 11 is 12.4. The van der Waals surface area contributed by atoms with E-state index in [9.17, 15) is 0 Å². The highest BCUT2D eigenvalue weighted by molar-refractivity contribution is 6.43. The van der Waals surface area contributed by atoms with E-state index in [0.29, 0.717) is 33.0 Å². The first kappa shape index (κ1) is 16.8. The molecule has 4 aromatic rings. The van der Waals surface area contributed by atoms with E-state index in [0.717, 1.165) is 22.2 Å². The lowest BCUT2D eigenvalue weighted by molar-refractivity contribution is 0.417. The summed E-state index contributed by atoms with van der Waals surface area (Å²) in [6.07, 6.45) is 0. The predicted octanol–water partition coefficient (Wildman–Crippen LogP) is 6.06. The Morgan fingerprint density at radius 1 is 1.00 bits per heavy atom. The van der Waals surface area contributed by atoms with Crippen molar-refractivity contribution in [3.8, 4) is 28.3 Å². The van der Waals surface area contributed by atoms with Crippen LogP contribution in [0.1, 0.15) is 0 Å². The van der Waals surface area contributed by atoms with Crippen LogP contribution in [0.2, 0.25) is 10.0 Å². The van der Waals surface area contributed by atoms with Gasteiger partial charge in [-0.2, -0.15) is 0 Å². The molecule has 1 aromatic heterocycles. The van der Waals surface area contributed by atoms with Crippen molar-refractivity contribution in [3.05, 3.63) is 64.6 Å². The third-order valence-electron chi connectivity index (χ3n) is 4.13. The molecule has 0 fully saturated rings. The molecule has 0 spiro atoms. The lowest BCUT2D eigenvalue weighted by Gasteiger charge is -2.05. The zero-order valence-corrected chi connectivity index (χ0v) is 15.3. The number of benzene rings is 3. The number of nitrogen functional groups attached to an aromatic ring is 1. The highest BCUT2D eigenvalue weighted by Gasteiger charge is 2.13. The fourth-order valence-corrected chi connectivity index (χ4v) is 3.22. The molecular weight excluding hydrogens is 371 g/mol. The van der Waals surface area contributed by atoms with Crippen molar-refractivity contribution >= 4 is 40.0 Å². The van der Waals surface area contributed by atoms with Gasteiger partial charge in [0.05, 0.1) is 22.8 Å². The Kier molecular flexibility index (Phi) is 4.23. The number of rotatable bonds is 3. The Morgan fingerprint density at radius 2 is 1.81 bits per heavy atom. The van der Waals surface area contributed by atoms with Crippen LogP contribution in [0, 0.1) is 0 Å². The molecule has 0 unspecified atom stereocenters. The fraction of sp³-hybridized carbons (Fsp3) is 0.0500. The van der Waals surface area contributed by atoms with Crippen molar-refractivity contribution in [2.45, 2.75) is 0 Å². The molecule has 4 nitrogen and oxygen atoms in total.